The number of aromatic nitrogens is 1. The molecule has 0 spiro atoms. The predicted octanol–water partition coefficient (Wildman–Crippen LogP) is 4.41. The summed E-state index contributed by atoms with van der Waals surface area (Å²) in [5, 5.41) is 2.41. The minimum atomic E-state index is 0.742. The molecule has 2 aromatic carbocycles. The maximum absolute atomic E-state index is 11.0. The smallest absolute Gasteiger partial charge is 0.150 e. The number of nitrogens with zero attached hydrogens (tertiary/aromatic N) is 1. The van der Waals surface area contributed by atoms with Crippen molar-refractivity contribution >= 4 is 28.1 Å². The Bertz CT molecular complexity index is 739. The van der Waals surface area contributed by atoms with Crippen LogP contribution in [0.2, 0.25) is 0 Å². The van der Waals surface area contributed by atoms with E-state index >= 15 is 0 Å². The average molecular weight is 251 g/mol. The van der Waals surface area contributed by atoms with Crippen LogP contribution in [0, 0.1) is 0 Å². The molecule has 3 rings (SSSR count). The van der Waals surface area contributed by atoms with Crippen LogP contribution in [0.5, 0.6) is 0 Å². The first-order valence-corrected chi connectivity index (χ1v) is 6.81. The molecule has 2 nitrogen and oxygen atoms in total. The topological polar surface area (TPSA) is 22.0 Å². The maximum Gasteiger partial charge on any atom is 0.150 e. The van der Waals surface area contributed by atoms with Gasteiger partial charge >= 0.3 is 0 Å². The largest absolute Gasteiger partial charge is 0.340 e. The van der Waals surface area contributed by atoms with Gasteiger partial charge in [0.05, 0.1) is 0 Å². The van der Waals surface area contributed by atoms with Gasteiger partial charge in [-0.15, -0.1) is 0 Å². The minimum Gasteiger partial charge on any atom is -0.340 e. The van der Waals surface area contributed by atoms with E-state index in [0.717, 1.165) is 18.4 Å². The Balaban J connectivity index is 2.33. The van der Waals surface area contributed by atoms with E-state index in [1.54, 1.807) is 0 Å². The molecule has 1 heterocycles. The van der Waals surface area contributed by atoms with E-state index in [-0.39, 0.29) is 0 Å². The monoisotopic (exact) mass is 251 g/mol. The molecule has 2 heteroatoms. The number of aldehydes is 1. The molecule has 0 N–H and O–H groups in total. The van der Waals surface area contributed by atoms with Gasteiger partial charge in [-0.25, -0.2) is 0 Å². The summed E-state index contributed by atoms with van der Waals surface area (Å²) in [5.41, 5.74) is 3.22. The van der Waals surface area contributed by atoms with Crippen molar-refractivity contribution in [3.8, 4) is 0 Å². The Hall–Kier alpha value is -2.09. The summed E-state index contributed by atoms with van der Waals surface area (Å²) in [4.78, 5) is 11.0. The lowest BCUT2D eigenvalue weighted by Crippen LogP contribution is -1.96. The second-order valence-electron chi connectivity index (χ2n) is 4.92. The zero-order chi connectivity index (χ0) is 13.2. The zero-order valence-electron chi connectivity index (χ0n) is 11.1. The normalized spacial score (nSPS) is 11.2. The van der Waals surface area contributed by atoms with Crippen LogP contribution < -0.4 is 0 Å². The van der Waals surface area contributed by atoms with E-state index in [9.17, 15) is 4.79 Å². The number of carbonyl (C=O) groups excluding carboxylic acids is 1. The Morgan fingerprint density at radius 2 is 1.84 bits per heavy atom. The number of benzene rings is 2. The van der Waals surface area contributed by atoms with Crippen molar-refractivity contribution in [1.29, 1.82) is 0 Å². The Labute approximate surface area is 112 Å². The fourth-order valence-corrected chi connectivity index (χ4v) is 2.70. The summed E-state index contributed by atoms with van der Waals surface area (Å²) in [6.45, 7) is 3.24. The van der Waals surface area contributed by atoms with Crippen LogP contribution in [-0.4, -0.2) is 10.9 Å². The molecule has 0 saturated heterocycles. The van der Waals surface area contributed by atoms with E-state index in [4.69, 9.17) is 0 Å². The first kappa shape index (κ1) is 12.0. The van der Waals surface area contributed by atoms with Crippen LogP contribution >= 0.6 is 0 Å². The van der Waals surface area contributed by atoms with Crippen LogP contribution in [0.25, 0.3) is 21.8 Å². The quantitative estimate of drug-likeness (QED) is 0.630. The summed E-state index contributed by atoms with van der Waals surface area (Å²) in [6, 6.07) is 14.4. The highest BCUT2D eigenvalue weighted by molar-refractivity contribution is 6.09. The first-order chi connectivity index (χ1) is 9.35. The summed E-state index contributed by atoms with van der Waals surface area (Å²) in [7, 11) is 0. The summed E-state index contributed by atoms with van der Waals surface area (Å²) < 4.78 is 2.36. The second kappa shape index (κ2) is 4.88. The summed E-state index contributed by atoms with van der Waals surface area (Å²) in [6.07, 6.45) is 3.27. The molecule has 0 aliphatic carbocycles. The van der Waals surface area contributed by atoms with Crippen molar-refractivity contribution < 1.29 is 4.79 Å². The van der Waals surface area contributed by atoms with Crippen LogP contribution in [0.1, 0.15) is 30.1 Å². The fraction of sp³-hybridized carbons (Fsp3) is 0.235. The molecular formula is C17H17NO. The van der Waals surface area contributed by atoms with E-state index in [1.165, 1.54) is 34.6 Å². The first-order valence-electron chi connectivity index (χ1n) is 6.81. The van der Waals surface area contributed by atoms with Gasteiger partial charge in [-0.2, -0.15) is 0 Å². The number of rotatable bonds is 4. The summed E-state index contributed by atoms with van der Waals surface area (Å²) in [5.74, 6) is 0. The lowest BCUT2D eigenvalue weighted by atomic mass is 10.1. The second-order valence-corrected chi connectivity index (χ2v) is 4.92. The third kappa shape index (κ3) is 1.93. The van der Waals surface area contributed by atoms with E-state index in [0.29, 0.717) is 0 Å². The average Bonchev–Trinajstić information content (AvgIpc) is 2.78. The van der Waals surface area contributed by atoms with E-state index in [1.807, 2.05) is 12.1 Å². The molecule has 0 unspecified atom stereocenters. The molecular weight excluding hydrogens is 234 g/mol. The van der Waals surface area contributed by atoms with Gasteiger partial charge in [-0.1, -0.05) is 31.5 Å². The van der Waals surface area contributed by atoms with Gasteiger partial charge in [0.25, 0.3) is 0 Å². The lowest BCUT2D eigenvalue weighted by Gasteiger charge is -2.06. The van der Waals surface area contributed by atoms with Crippen molar-refractivity contribution in [3.05, 3.63) is 48.0 Å². The Kier molecular flexibility index (Phi) is 3.08. The number of aryl methyl sites for hydroxylation is 1. The third-order valence-corrected chi connectivity index (χ3v) is 3.67. The predicted molar refractivity (Wildman–Crippen MR) is 79.7 cm³/mol. The molecule has 0 atom stereocenters. The van der Waals surface area contributed by atoms with Crippen molar-refractivity contribution in [1.82, 2.24) is 4.57 Å². The molecule has 0 aliphatic rings. The third-order valence-electron chi connectivity index (χ3n) is 3.67. The molecule has 96 valence electrons. The van der Waals surface area contributed by atoms with Gasteiger partial charge in [0.1, 0.15) is 6.29 Å². The minimum absolute atomic E-state index is 0.742. The number of carbonyl (C=O) groups is 1. The van der Waals surface area contributed by atoms with Crippen molar-refractivity contribution in [2.24, 2.45) is 0 Å². The SMILES string of the molecule is CCCCn1c2ccccc2c2cc(C=O)ccc21. The van der Waals surface area contributed by atoms with Gasteiger partial charge in [0.2, 0.25) is 0 Å². The number of hydrogen-bond donors (Lipinski definition) is 0. The van der Waals surface area contributed by atoms with Gasteiger partial charge in [0.15, 0.2) is 0 Å². The van der Waals surface area contributed by atoms with E-state index in [2.05, 4.69) is 41.8 Å². The molecule has 0 bridgehead atoms. The van der Waals surface area contributed by atoms with Gasteiger partial charge < -0.3 is 4.57 Å². The molecule has 0 amide bonds. The molecule has 1 aromatic heterocycles. The molecule has 0 fully saturated rings. The highest BCUT2D eigenvalue weighted by atomic mass is 16.1. The number of fused-ring (bicyclic) bond motifs is 3. The highest BCUT2D eigenvalue weighted by Crippen LogP contribution is 2.29. The zero-order valence-corrected chi connectivity index (χ0v) is 11.1. The molecule has 0 aliphatic heterocycles. The molecule has 0 saturated carbocycles. The number of unbranched alkanes of at least 4 members (excludes halogenated alkanes) is 1. The molecule has 3 aromatic rings. The lowest BCUT2D eigenvalue weighted by molar-refractivity contribution is 0.112. The van der Waals surface area contributed by atoms with Crippen molar-refractivity contribution in [2.45, 2.75) is 26.3 Å². The standard InChI is InChI=1S/C17H17NO/c1-2-3-10-18-16-7-5-4-6-14(16)15-11-13(12-19)8-9-17(15)18/h4-9,11-12H,2-3,10H2,1H3. The number of para-hydroxylation sites is 1. The summed E-state index contributed by atoms with van der Waals surface area (Å²) >= 11 is 0. The fourth-order valence-electron chi connectivity index (χ4n) is 2.70. The van der Waals surface area contributed by atoms with Gasteiger partial charge in [-0.3, -0.25) is 4.79 Å². The highest BCUT2D eigenvalue weighted by Gasteiger charge is 2.09. The van der Waals surface area contributed by atoms with Crippen molar-refractivity contribution in [3.63, 3.8) is 0 Å². The van der Waals surface area contributed by atoms with E-state index < -0.39 is 0 Å². The van der Waals surface area contributed by atoms with Gasteiger partial charge in [-0.05, 0) is 30.7 Å². The molecule has 0 radical (unpaired) electrons. The van der Waals surface area contributed by atoms with Crippen LogP contribution in [0.15, 0.2) is 42.5 Å². The van der Waals surface area contributed by atoms with Gasteiger partial charge in [0, 0.05) is 33.9 Å². The van der Waals surface area contributed by atoms with Crippen LogP contribution in [0.3, 0.4) is 0 Å². The van der Waals surface area contributed by atoms with Crippen molar-refractivity contribution in [2.75, 3.05) is 0 Å². The van der Waals surface area contributed by atoms with Crippen LogP contribution in [0.4, 0.5) is 0 Å². The maximum atomic E-state index is 11.0. The Morgan fingerprint density at radius 1 is 1.05 bits per heavy atom. The van der Waals surface area contributed by atoms with Crippen LogP contribution in [-0.2, 0) is 6.54 Å². The molecule has 19 heavy (non-hydrogen) atoms. The number of hydrogen-bond acceptors (Lipinski definition) is 1. The Morgan fingerprint density at radius 3 is 2.63 bits per heavy atom.